The van der Waals surface area contributed by atoms with Crippen LogP contribution < -0.4 is 15.8 Å². The predicted octanol–water partition coefficient (Wildman–Crippen LogP) is 2.31. The Hall–Kier alpha value is -1.06. The molecule has 3 nitrogen and oxygen atoms in total. The van der Waals surface area contributed by atoms with Crippen molar-refractivity contribution in [2.24, 2.45) is 11.7 Å². The molecule has 1 atom stereocenters. The number of ether oxygens (including phenoxy) is 1. The van der Waals surface area contributed by atoms with Crippen molar-refractivity contribution in [1.29, 1.82) is 0 Å². The number of piperidine rings is 1. The van der Waals surface area contributed by atoms with E-state index < -0.39 is 0 Å². The number of aryl methyl sites for hydroxylation is 2. The highest BCUT2D eigenvalue weighted by atomic mass is 16.5. The highest BCUT2D eigenvalue weighted by molar-refractivity contribution is 5.45. The summed E-state index contributed by atoms with van der Waals surface area (Å²) < 4.78 is 5.55. The van der Waals surface area contributed by atoms with Crippen LogP contribution in [-0.2, 0) is 0 Å². The molecule has 18 heavy (non-hydrogen) atoms. The number of rotatable bonds is 3. The van der Waals surface area contributed by atoms with Crippen molar-refractivity contribution in [3.63, 3.8) is 0 Å². The number of methoxy groups -OCH3 is 1. The maximum Gasteiger partial charge on any atom is 0.126 e. The lowest BCUT2D eigenvalue weighted by Gasteiger charge is -2.29. The average molecular weight is 248 g/mol. The van der Waals surface area contributed by atoms with Crippen molar-refractivity contribution in [2.45, 2.75) is 32.7 Å². The zero-order valence-corrected chi connectivity index (χ0v) is 11.6. The van der Waals surface area contributed by atoms with Crippen molar-refractivity contribution in [3.8, 4) is 5.75 Å². The van der Waals surface area contributed by atoms with Gasteiger partial charge in [-0.2, -0.15) is 0 Å². The lowest BCUT2D eigenvalue weighted by molar-refractivity contribution is 0.313. The first-order valence-corrected chi connectivity index (χ1v) is 6.75. The predicted molar refractivity (Wildman–Crippen MR) is 75.0 cm³/mol. The van der Waals surface area contributed by atoms with E-state index in [0.29, 0.717) is 5.92 Å². The lowest BCUT2D eigenvalue weighted by Crippen LogP contribution is -2.34. The Morgan fingerprint density at radius 3 is 2.56 bits per heavy atom. The van der Waals surface area contributed by atoms with E-state index in [1.165, 1.54) is 16.7 Å². The molecule has 1 unspecified atom stereocenters. The fraction of sp³-hybridized carbons (Fsp3) is 0.600. The smallest absolute Gasteiger partial charge is 0.126 e. The number of nitrogens with one attached hydrogen (secondary N) is 1. The molecule has 0 aromatic heterocycles. The van der Waals surface area contributed by atoms with Gasteiger partial charge >= 0.3 is 0 Å². The summed E-state index contributed by atoms with van der Waals surface area (Å²) in [6, 6.07) is 4.41. The molecule has 100 valence electrons. The van der Waals surface area contributed by atoms with Crippen molar-refractivity contribution >= 4 is 0 Å². The highest BCUT2D eigenvalue weighted by Crippen LogP contribution is 2.35. The number of benzene rings is 1. The van der Waals surface area contributed by atoms with Crippen LogP contribution in [0.3, 0.4) is 0 Å². The molecule has 0 spiro atoms. The van der Waals surface area contributed by atoms with E-state index in [4.69, 9.17) is 10.5 Å². The van der Waals surface area contributed by atoms with Gasteiger partial charge in [0.15, 0.2) is 0 Å². The summed E-state index contributed by atoms with van der Waals surface area (Å²) in [6.45, 7) is 6.35. The first kappa shape index (κ1) is 13.4. The second-order valence-corrected chi connectivity index (χ2v) is 5.32. The minimum atomic E-state index is 0.0839. The quantitative estimate of drug-likeness (QED) is 0.863. The van der Waals surface area contributed by atoms with Gasteiger partial charge in [0.1, 0.15) is 5.75 Å². The summed E-state index contributed by atoms with van der Waals surface area (Å²) >= 11 is 0. The lowest BCUT2D eigenvalue weighted by atomic mass is 9.85. The van der Waals surface area contributed by atoms with Gasteiger partial charge in [-0.1, -0.05) is 17.7 Å². The maximum atomic E-state index is 6.48. The van der Waals surface area contributed by atoms with Crippen LogP contribution in [0.2, 0.25) is 0 Å². The van der Waals surface area contributed by atoms with E-state index in [-0.39, 0.29) is 6.04 Å². The molecule has 0 bridgehead atoms. The molecule has 1 aromatic carbocycles. The van der Waals surface area contributed by atoms with Gasteiger partial charge < -0.3 is 15.8 Å². The first-order chi connectivity index (χ1) is 8.63. The van der Waals surface area contributed by atoms with Crippen molar-refractivity contribution in [2.75, 3.05) is 20.2 Å². The van der Waals surface area contributed by atoms with Gasteiger partial charge in [0.2, 0.25) is 0 Å². The Labute approximate surface area is 110 Å². The van der Waals surface area contributed by atoms with Gasteiger partial charge in [-0.15, -0.1) is 0 Å². The Bertz CT molecular complexity index is 411. The summed E-state index contributed by atoms with van der Waals surface area (Å²) in [6.07, 6.45) is 2.30. The van der Waals surface area contributed by atoms with E-state index in [1.54, 1.807) is 7.11 Å². The summed E-state index contributed by atoms with van der Waals surface area (Å²) in [7, 11) is 1.73. The number of nitrogens with two attached hydrogens (primary N) is 1. The van der Waals surface area contributed by atoms with Crippen LogP contribution in [0.15, 0.2) is 12.1 Å². The molecule has 1 aromatic rings. The fourth-order valence-electron chi connectivity index (χ4n) is 2.97. The molecule has 1 aliphatic heterocycles. The van der Waals surface area contributed by atoms with Crippen LogP contribution in [0.4, 0.5) is 0 Å². The fourth-order valence-corrected chi connectivity index (χ4v) is 2.97. The van der Waals surface area contributed by atoms with Gasteiger partial charge in [0.05, 0.1) is 7.11 Å². The van der Waals surface area contributed by atoms with Crippen LogP contribution >= 0.6 is 0 Å². The van der Waals surface area contributed by atoms with Gasteiger partial charge in [-0.25, -0.2) is 0 Å². The molecule has 0 amide bonds. The van der Waals surface area contributed by atoms with Gasteiger partial charge in [-0.3, -0.25) is 0 Å². The molecule has 2 rings (SSSR count). The van der Waals surface area contributed by atoms with Gasteiger partial charge in [0, 0.05) is 11.6 Å². The minimum Gasteiger partial charge on any atom is -0.496 e. The van der Waals surface area contributed by atoms with E-state index in [9.17, 15) is 0 Å². The van der Waals surface area contributed by atoms with Crippen molar-refractivity contribution in [3.05, 3.63) is 28.8 Å². The molecule has 1 aliphatic rings. The summed E-state index contributed by atoms with van der Waals surface area (Å²) in [5, 5.41) is 3.39. The van der Waals surface area contributed by atoms with E-state index in [0.717, 1.165) is 31.7 Å². The maximum absolute atomic E-state index is 6.48. The Morgan fingerprint density at radius 2 is 1.94 bits per heavy atom. The molecule has 3 N–H and O–H groups in total. The Balaban J connectivity index is 2.30. The monoisotopic (exact) mass is 248 g/mol. The van der Waals surface area contributed by atoms with Crippen LogP contribution in [0.5, 0.6) is 5.75 Å². The zero-order chi connectivity index (χ0) is 13.1. The summed E-state index contributed by atoms with van der Waals surface area (Å²) in [5.74, 6) is 1.52. The first-order valence-electron chi connectivity index (χ1n) is 6.75. The molecule has 0 saturated carbocycles. The SMILES string of the molecule is COc1c(C)cc(C)cc1C(N)C1CCNCC1. The van der Waals surface area contributed by atoms with E-state index in [2.05, 4.69) is 31.3 Å². The van der Waals surface area contributed by atoms with E-state index in [1.807, 2.05) is 0 Å². The second kappa shape index (κ2) is 5.72. The van der Waals surface area contributed by atoms with Crippen LogP contribution in [0, 0.1) is 19.8 Å². The molecule has 3 heteroatoms. The molecular formula is C15H24N2O. The Morgan fingerprint density at radius 1 is 1.28 bits per heavy atom. The molecular weight excluding hydrogens is 224 g/mol. The van der Waals surface area contributed by atoms with Gasteiger partial charge in [-0.05, 0) is 51.3 Å². The Kier molecular flexibility index (Phi) is 4.25. The zero-order valence-electron chi connectivity index (χ0n) is 11.6. The highest BCUT2D eigenvalue weighted by Gasteiger charge is 2.24. The second-order valence-electron chi connectivity index (χ2n) is 5.32. The summed E-state index contributed by atoms with van der Waals surface area (Å²) in [5.41, 5.74) is 10.1. The van der Waals surface area contributed by atoms with Crippen LogP contribution in [0.1, 0.15) is 35.6 Å². The molecule has 1 saturated heterocycles. The molecule has 0 radical (unpaired) electrons. The normalized spacial score (nSPS) is 18.7. The third-order valence-electron chi connectivity index (χ3n) is 3.90. The molecule has 1 fully saturated rings. The van der Waals surface area contributed by atoms with Crippen LogP contribution in [-0.4, -0.2) is 20.2 Å². The van der Waals surface area contributed by atoms with E-state index >= 15 is 0 Å². The third kappa shape index (κ3) is 2.68. The van der Waals surface area contributed by atoms with Crippen LogP contribution in [0.25, 0.3) is 0 Å². The topological polar surface area (TPSA) is 47.3 Å². The number of hydrogen-bond acceptors (Lipinski definition) is 3. The standard InChI is InChI=1S/C15H24N2O/c1-10-8-11(2)15(18-3)13(9-10)14(16)12-4-6-17-7-5-12/h8-9,12,14,17H,4-7,16H2,1-3H3. The molecule has 1 heterocycles. The van der Waals surface area contributed by atoms with Gasteiger partial charge in [0.25, 0.3) is 0 Å². The van der Waals surface area contributed by atoms with Crippen molar-refractivity contribution < 1.29 is 4.74 Å². The third-order valence-corrected chi connectivity index (χ3v) is 3.90. The average Bonchev–Trinajstić information content (AvgIpc) is 2.38. The summed E-state index contributed by atoms with van der Waals surface area (Å²) in [4.78, 5) is 0. The molecule has 0 aliphatic carbocycles. The largest absolute Gasteiger partial charge is 0.496 e. The number of hydrogen-bond donors (Lipinski definition) is 2. The van der Waals surface area contributed by atoms with Crippen molar-refractivity contribution in [1.82, 2.24) is 5.32 Å². The minimum absolute atomic E-state index is 0.0839.